The first-order valence-corrected chi connectivity index (χ1v) is 8.78. The highest BCUT2D eigenvalue weighted by atomic mass is 127. The van der Waals surface area contributed by atoms with Gasteiger partial charge in [-0.15, -0.1) is 35.3 Å². The van der Waals surface area contributed by atoms with Gasteiger partial charge in [-0.25, -0.2) is 0 Å². The number of thiophene rings is 1. The molecule has 0 aliphatic rings. The molecule has 0 atom stereocenters. The molecule has 0 saturated carbocycles. The van der Waals surface area contributed by atoms with Gasteiger partial charge < -0.3 is 20.1 Å². The number of hydrogen-bond donors (Lipinski definition) is 2. The van der Waals surface area contributed by atoms with E-state index in [9.17, 15) is 0 Å². The molecule has 1 aromatic heterocycles. The van der Waals surface area contributed by atoms with Crippen LogP contribution in [0.1, 0.15) is 18.2 Å². The van der Waals surface area contributed by atoms with E-state index in [1.54, 1.807) is 18.4 Å². The zero-order valence-electron chi connectivity index (χ0n) is 13.8. The summed E-state index contributed by atoms with van der Waals surface area (Å²) in [6, 6.07) is 4.00. The number of ether oxygens (including phenoxy) is 2. The predicted molar refractivity (Wildman–Crippen MR) is 110 cm³/mol. The van der Waals surface area contributed by atoms with Gasteiger partial charge in [0.2, 0.25) is 0 Å². The zero-order valence-corrected chi connectivity index (χ0v) is 17.7. The number of nitrogens with one attached hydrogen (secondary N) is 2. The third-order valence-electron chi connectivity index (χ3n) is 2.79. The molecule has 8 heteroatoms. The van der Waals surface area contributed by atoms with Gasteiger partial charge in [0.1, 0.15) is 0 Å². The molecule has 0 radical (unpaired) electrons. The molecule has 0 aliphatic carbocycles. The third kappa shape index (κ3) is 12.0. The Morgan fingerprint density at radius 3 is 2.74 bits per heavy atom. The summed E-state index contributed by atoms with van der Waals surface area (Å²) in [4.78, 5) is 5.81. The van der Waals surface area contributed by atoms with E-state index < -0.39 is 0 Å². The minimum absolute atomic E-state index is 0. The number of rotatable bonds is 11. The standard InChI is InChI=1S/C15H26ClN3O2S.HI/c1-3-17-15(18-8-4-10-21-12-11-20-2)19-9-7-13-5-6-14(16)22-13;/h5-6H,3-4,7-12H2,1-2H3,(H2,17,18,19);1H. The summed E-state index contributed by atoms with van der Waals surface area (Å²) in [5, 5.41) is 6.57. The first kappa shape index (κ1) is 22.9. The molecule has 1 rings (SSSR count). The quantitative estimate of drug-likeness (QED) is 0.223. The molecule has 0 unspecified atom stereocenters. The van der Waals surface area contributed by atoms with Gasteiger partial charge in [-0.2, -0.15) is 0 Å². The van der Waals surface area contributed by atoms with E-state index in [-0.39, 0.29) is 24.0 Å². The fraction of sp³-hybridized carbons (Fsp3) is 0.667. The fourth-order valence-electron chi connectivity index (χ4n) is 1.73. The minimum atomic E-state index is 0. The summed E-state index contributed by atoms with van der Waals surface area (Å²) in [7, 11) is 1.67. The molecular weight excluding hydrogens is 449 g/mol. The second-order valence-electron chi connectivity index (χ2n) is 4.60. The lowest BCUT2D eigenvalue weighted by Gasteiger charge is -2.10. The number of aliphatic imine (C=N–C) groups is 1. The Labute approximate surface area is 165 Å². The van der Waals surface area contributed by atoms with E-state index in [4.69, 9.17) is 21.1 Å². The van der Waals surface area contributed by atoms with Crippen molar-refractivity contribution in [3.05, 3.63) is 21.3 Å². The number of guanidine groups is 1. The monoisotopic (exact) mass is 475 g/mol. The highest BCUT2D eigenvalue weighted by Crippen LogP contribution is 2.21. The molecule has 0 spiro atoms. The van der Waals surface area contributed by atoms with Crippen LogP contribution in [0.3, 0.4) is 0 Å². The Morgan fingerprint density at radius 2 is 2.09 bits per heavy atom. The van der Waals surface area contributed by atoms with Crippen molar-refractivity contribution in [2.24, 2.45) is 4.99 Å². The predicted octanol–water partition coefficient (Wildman–Crippen LogP) is 3.17. The van der Waals surface area contributed by atoms with Gasteiger partial charge in [-0.05, 0) is 31.9 Å². The molecule has 134 valence electrons. The SMILES string of the molecule is CCNC(=NCCCOCCOC)NCCc1ccc(Cl)s1.I. The van der Waals surface area contributed by atoms with Crippen molar-refractivity contribution in [1.29, 1.82) is 0 Å². The average molecular weight is 476 g/mol. The van der Waals surface area contributed by atoms with Crippen LogP contribution in [0, 0.1) is 0 Å². The molecule has 2 N–H and O–H groups in total. The smallest absolute Gasteiger partial charge is 0.191 e. The average Bonchev–Trinajstić information content (AvgIpc) is 2.92. The van der Waals surface area contributed by atoms with Crippen LogP contribution < -0.4 is 10.6 Å². The van der Waals surface area contributed by atoms with Crippen molar-refractivity contribution in [1.82, 2.24) is 10.6 Å². The van der Waals surface area contributed by atoms with Crippen LogP contribution in [0.25, 0.3) is 0 Å². The van der Waals surface area contributed by atoms with Crippen LogP contribution in [-0.4, -0.2) is 52.5 Å². The Bertz CT molecular complexity index is 433. The van der Waals surface area contributed by atoms with Crippen molar-refractivity contribution in [3.8, 4) is 0 Å². The molecule has 0 saturated heterocycles. The normalized spacial score (nSPS) is 11.2. The van der Waals surface area contributed by atoms with Crippen LogP contribution in [0.15, 0.2) is 17.1 Å². The van der Waals surface area contributed by atoms with Gasteiger partial charge in [-0.1, -0.05) is 11.6 Å². The highest BCUT2D eigenvalue weighted by molar-refractivity contribution is 14.0. The summed E-state index contributed by atoms with van der Waals surface area (Å²) in [6.07, 6.45) is 1.85. The van der Waals surface area contributed by atoms with Gasteiger partial charge in [0, 0.05) is 38.2 Å². The number of hydrogen-bond acceptors (Lipinski definition) is 4. The van der Waals surface area contributed by atoms with Gasteiger partial charge >= 0.3 is 0 Å². The molecule has 23 heavy (non-hydrogen) atoms. The Balaban J connectivity index is 0.00000484. The number of methoxy groups -OCH3 is 1. The van der Waals surface area contributed by atoms with E-state index in [1.165, 1.54) is 4.88 Å². The summed E-state index contributed by atoms with van der Waals surface area (Å²) in [5.74, 6) is 0.849. The van der Waals surface area contributed by atoms with Crippen LogP contribution in [0.2, 0.25) is 4.34 Å². The lowest BCUT2D eigenvalue weighted by molar-refractivity contribution is 0.0702. The molecular formula is C15H27ClIN3O2S. The Hall–Kier alpha value is -0.0900. The lowest BCUT2D eigenvalue weighted by atomic mass is 10.3. The molecule has 1 aromatic rings. The molecule has 0 bridgehead atoms. The van der Waals surface area contributed by atoms with Crippen molar-refractivity contribution >= 4 is 52.9 Å². The molecule has 0 amide bonds. The van der Waals surface area contributed by atoms with Gasteiger partial charge in [0.25, 0.3) is 0 Å². The van der Waals surface area contributed by atoms with Crippen LogP contribution in [-0.2, 0) is 15.9 Å². The van der Waals surface area contributed by atoms with E-state index in [1.807, 2.05) is 6.07 Å². The van der Waals surface area contributed by atoms with Crippen molar-refractivity contribution in [3.63, 3.8) is 0 Å². The van der Waals surface area contributed by atoms with Crippen LogP contribution in [0.5, 0.6) is 0 Å². The molecule has 0 fully saturated rings. The maximum absolute atomic E-state index is 5.92. The summed E-state index contributed by atoms with van der Waals surface area (Å²) in [6.45, 7) is 6.48. The molecule has 5 nitrogen and oxygen atoms in total. The second-order valence-corrected chi connectivity index (χ2v) is 6.40. The van der Waals surface area contributed by atoms with E-state index in [2.05, 4.69) is 28.6 Å². The molecule has 1 heterocycles. The minimum Gasteiger partial charge on any atom is -0.382 e. The number of nitrogens with zero attached hydrogens (tertiary/aromatic N) is 1. The lowest BCUT2D eigenvalue weighted by Crippen LogP contribution is -2.38. The van der Waals surface area contributed by atoms with Crippen LogP contribution in [0.4, 0.5) is 0 Å². The number of halogens is 2. The van der Waals surface area contributed by atoms with Crippen molar-refractivity contribution in [2.75, 3.05) is 46.6 Å². The van der Waals surface area contributed by atoms with Gasteiger partial charge in [-0.3, -0.25) is 4.99 Å². The fourth-order valence-corrected chi connectivity index (χ4v) is 2.82. The van der Waals surface area contributed by atoms with Crippen LogP contribution >= 0.6 is 46.9 Å². The third-order valence-corrected chi connectivity index (χ3v) is 4.08. The second kappa shape index (κ2) is 15.4. The molecule has 0 aromatic carbocycles. The van der Waals surface area contributed by atoms with E-state index >= 15 is 0 Å². The summed E-state index contributed by atoms with van der Waals surface area (Å²) in [5.41, 5.74) is 0. The zero-order chi connectivity index (χ0) is 16.0. The first-order chi connectivity index (χ1) is 10.8. The maximum Gasteiger partial charge on any atom is 0.191 e. The Morgan fingerprint density at radius 1 is 1.26 bits per heavy atom. The van der Waals surface area contributed by atoms with E-state index in [0.717, 1.165) is 42.8 Å². The highest BCUT2D eigenvalue weighted by Gasteiger charge is 2.00. The van der Waals surface area contributed by atoms with Crippen molar-refractivity contribution < 1.29 is 9.47 Å². The maximum atomic E-state index is 5.92. The largest absolute Gasteiger partial charge is 0.382 e. The summed E-state index contributed by atoms with van der Waals surface area (Å²) < 4.78 is 11.2. The van der Waals surface area contributed by atoms with Gasteiger partial charge in [0.15, 0.2) is 5.96 Å². The topological polar surface area (TPSA) is 54.9 Å². The summed E-state index contributed by atoms with van der Waals surface area (Å²) >= 11 is 7.55. The molecule has 0 aliphatic heterocycles. The van der Waals surface area contributed by atoms with E-state index in [0.29, 0.717) is 19.8 Å². The van der Waals surface area contributed by atoms with Crippen molar-refractivity contribution in [2.45, 2.75) is 19.8 Å². The van der Waals surface area contributed by atoms with Gasteiger partial charge in [0.05, 0.1) is 17.6 Å². The first-order valence-electron chi connectivity index (χ1n) is 7.59. The Kier molecular flexibility index (Phi) is 15.4.